The standard InChI is InChI=1S/C20H10Cl2FNO3/c21-15-6-11(25)5-14-13(15)7-12(10-3-16(22)19(26)17(23)4-10)18(14)20-9(8-24)1-2-27-20/h1-6,25-26H,7H2. The molecule has 0 saturated carbocycles. The van der Waals surface area contributed by atoms with E-state index >= 15 is 0 Å². The fraction of sp³-hybridized carbons (Fsp3) is 0.0500. The molecule has 0 fully saturated rings. The van der Waals surface area contributed by atoms with Crippen molar-refractivity contribution in [2.75, 3.05) is 0 Å². The van der Waals surface area contributed by atoms with Gasteiger partial charge in [-0.05, 0) is 52.6 Å². The number of fused-ring (bicyclic) bond motifs is 1. The predicted molar refractivity (Wildman–Crippen MR) is 99.2 cm³/mol. The number of halogens is 3. The van der Waals surface area contributed by atoms with Gasteiger partial charge in [0.05, 0.1) is 16.8 Å². The van der Waals surface area contributed by atoms with Crippen molar-refractivity contribution in [2.24, 2.45) is 0 Å². The Bertz CT molecular complexity index is 1150. The van der Waals surface area contributed by atoms with Crippen LogP contribution in [-0.4, -0.2) is 10.2 Å². The largest absolute Gasteiger partial charge is 0.508 e. The molecule has 1 heterocycles. The lowest BCUT2D eigenvalue weighted by Gasteiger charge is -2.09. The minimum Gasteiger partial charge on any atom is -0.508 e. The molecule has 134 valence electrons. The summed E-state index contributed by atoms with van der Waals surface area (Å²) in [5.41, 5.74) is 3.14. The molecule has 4 nitrogen and oxygen atoms in total. The molecule has 0 spiro atoms. The maximum absolute atomic E-state index is 14.1. The number of rotatable bonds is 2. The Kier molecular flexibility index (Phi) is 4.11. The van der Waals surface area contributed by atoms with Gasteiger partial charge in [0.15, 0.2) is 17.3 Å². The van der Waals surface area contributed by atoms with Gasteiger partial charge < -0.3 is 14.6 Å². The van der Waals surface area contributed by atoms with Gasteiger partial charge >= 0.3 is 0 Å². The van der Waals surface area contributed by atoms with Crippen molar-refractivity contribution < 1.29 is 19.0 Å². The highest BCUT2D eigenvalue weighted by Crippen LogP contribution is 2.47. The first-order valence-corrected chi connectivity index (χ1v) is 8.57. The van der Waals surface area contributed by atoms with Gasteiger partial charge in [0.1, 0.15) is 11.8 Å². The first-order chi connectivity index (χ1) is 12.9. The highest BCUT2D eigenvalue weighted by molar-refractivity contribution is 6.33. The summed E-state index contributed by atoms with van der Waals surface area (Å²) in [5, 5.41) is 29.2. The van der Waals surface area contributed by atoms with Crippen LogP contribution in [0.5, 0.6) is 11.5 Å². The van der Waals surface area contributed by atoms with Gasteiger partial charge in [-0.2, -0.15) is 5.26 Å². The Labute approximate surface area is 163 Å². The van der Waals surface area contributed by atoms with Crippen molar-refractivity contribution in [3.05, 3.63) is 80.5 Å². The number of allylic oxidation sites excluding steroid dienone is 1. The molecule has 3 aromatic rings. The summed E-state index contributed by atoms with van der Waals surface area (Å²) >= 11 is 12.2. The molecular weight excluding hydrogens is 392 g/mol. The van der Waals surface area contributed by atoms with Crippen LogP contribution in [0.15, 0.2) is 41.0 Å². The van der Waals surface area contributed by atoms with E-state index in [0.717, 1.165) is 6.07 Å². The van der Waals surface area contributed by atoms with Crippen molar-refractivity contribution in [1.82, 2.24) is 0 Å². The van der Waals surface area contributed by atoms with Crippen LogP contribution < -0.4 is 0 Å². The first-order valence-electron chi connectivity index (χ1n) is 7.82. The third kappa shape index (κ3) is 2.74. The number of phenolic OH excluding ortho intramolecular Hbond substituents is 2. The van der Waals surface area contributed by atoms with Gasteiger partial charge in [0.2, 0.25) is 0 Å². The molecule has 1 aliphatic carbocycles. The molecule has 0 radical (unpaired) electrons. The highest BCUT2D eigenvalue weighted by Gasteiger charge is 2.30. The molecule has 0 bridgehead atoms. The van der Waals surface area contributed by atoms with Gasteiger partial charge in [-0.1, -0.05) is 23.2 Å². The average molecular weight is 402 g/mol. The lowest BCUT2D eigenvalue weighted by atomic mass is 9.96. The second-order valence-corrected chi connectivity index (χ2v) is 6.86. The molecule has 7 heteroatoms. The van der Waals surface area contributed by atoms with Crippen LogP contribution >= 0.6 is 23.2 Å². The first kappa shape index (κ1) is 17.5. The Morgan fingerprint density at radius 1 is 1.11 bits per heavy atom. The SMILES string of the molecule is N#Cc1ccoc1C1=C(c2cc(F)c(O)c(Cl)c2)Cc2c(Cl)cc(O)cc21. The minimum absolute atomic E-state index is 0.0440. The maximum Gasteiger partial charge on any atom is 0.170 e. The second kappa shape index (κ2) is 6.34. The van der Waals surface area contributed by atoms with E-state index in [0.29, 0.717) is 44.8 Å². The molecule has 0 atom stereocenters. The Balaban J connectivity index is 2.05. The molecule has 1 aromatic heterocycles. The van der Waals surface area contributed by atoms with Crippen LogP contribution in [0.25, 0.3) is 11.1 Å². The molecule has 0 aliphatic heterocycles. The number of hydrogen-bond acceptors (Lipinski definition) is 4. The zero-order valence-corrected chi connectivity index (χ0v) is 15.1. The summed E-state index contributed by atoms with van der Waals surface area (Å²) in [5.74, 6) is -1.26. The zero-order valence-electron chi connectivity index (χ0n) is 13.6. The van der Waals surface area contributed by atoms with E-state index < -0.39 is 11.6 Å². The molecule has 2 aromatic carbocycles. The topological polar surface area (TPSA) is 77.4 Å². The van der Waals surface area contributed by atoms with Gasteiger partial charge in [-0.15, -0.1) is 0 Å². The normalized spacial score (nSPS) is 13.0. The number of furan rings is 1. The van der Waals surface area contributed by atoms with Crippen molar-refractivity contribution >= 4 is 34.3 Å². The third-order valence-electron chi connectivity index (χ3n) is 4.48. The smallest absolute Gasteiger partial charge is 0.170 e. The monoisotopic (exact) mass is 401 g/mol. The van der Waals surface area contributed by atoms with Crippen LogP contribution in [0.2, 0.25) is 10.0 Å². The van der Waals surface area contributed by atoms with Gasteiger partial charge in [-0.25, -0.2) is 4.39 Å². The number of benzene rings is 2. The van der Waals surface area contributed by atoms with Crippen molar-refractivity contribution in [3.63, 3.8) is 0 Å². The molecular formula is C20H10Cl2FNO3. The maximum atomic E-state index is 14.1. The summed E-state index contributed by atoms with van der Waals surface area (Å²) in [6.07, 6.45) is 1.70. The molecule has 0 saturated heterocycles. The zero-order chi connectivity index (χ0) is 19.3. The minimum atomic E-state index is -0.866. The Hall–Kier alpha value is -2.94. The van der Waals surface area contributed by atoms with Crippen molar-refractivity contribution in [3.8, 4) is 17.6 Å². The summed E-state index contributed by atoms with van der Waals surface area (Å²) in [6, 6.07) is 9.10. The van der Waals surface area contributed by atoms with E-state index in [1.807, 2.05) is 0 Å². The van der Waals surface area contributed by atoms with Gasteiger partial charge in [0.25, 0.3) is 0 Å². The van der Waals surface area contributed by atoms with Crippen LogP contribution in [0.3, 0.4) is 0 Å². The molecule has 2 N–H and O–H groups in total. The van der Waals surface area contributed by atoms with Crippen LogP contribution in [-0.2, 0) is 6.42 Å². The van der Waals surface area contributed by atoms with E-state index in [1.165, 1.54) is 30.5 Å². The fourth-order valence-corrected chi connectivity index (χ4v) is 3.78. The molecule has 4 rings (SSSR count). The lowest BCUT2D eigenvalue weighted by molar-refractivity contribution is 0.432. The predicted octanol–water partition coefficient (Wildman–Crippen LogP) is 5.52. The molecule has 0 amide bonds. The number of aromatic hydroxyl groups is 2. The number of nitriles is 1. The van der Waals surface area contributed by atoms with Gasteiger partial charge in [0, 0.05) is 17.0 Å². The number of hydrogen-bond donors (Lipinski definition) is 2. The van der Waals surface area contributed by atoms with E-state index in [4.69, 9.17) is 27.6 Å². The highest BCUT2D eigenvalue weighted by atomic mass is 35.5. The summed E-state index contributed by atoms with van der Waals surface area (Å²) in [6.45, 7) is 0. The van der Waals surface area contributed by atoms with E-state index in [-0.39, 0.29) is 16.5 Å². The van der Waals surface area contributed by atoms with Crippen LogP contribution in [0, 0.1) is 17.1 Å². The van der Waals surface area contributed by atoms with E-state index in [9.17, 15) is 19.9 Å². The Morgan fingerprint density at radius 3 is 2.59 bits per heavy atom. The second-order valence-electron chi connectivity index (χ2n) is 6.05. The molecule has 0 unspecified atom stereocenters. The average Bonchev–Trinajstić information content (AvgIpc) is 3.22. The number of phenols is 2. The van der Waals surface area contributed by atoms with Gasteiger partial charge in [-0.3, -0.25) is 0 Å². The van der Waals surface area contributed by atoms with Crippen LogP contribution in [0.4, 0.5) is 4.39 Å². The third-order valence-corrected chi connectivity index (χ3v) is 5.11. The summed E-state index contributed by atoms with van der Waals surface area (Å²) in [7, 11) is 0. The molecule has 27 heavy (non-hydrogen) atoms. The summed E-state index contributed by atoms with van der Waals surface area (Å²) in [4.78, 5) is 0. The fourth-order valence-electron chi connectivity index (χ4n) is 3.29. The van der Waals surface area contributed by atoms with Crippen molar-refractivity contribution in [2.45, 2.75) is 6.42 Å². The lowest BCUT2D eigenvalue weighted by Crippen LogP contribution is -1.92. The Morgan fingerprint density at radius 2 is 1.89 bits per heavy atom. The summed E-state index contributed by atoms with van der Waals surface area (Å²) < 4.78 is 19.6. The van der Waals surface area contributed by atoms with Crippen LogP contribution in [0.1, 0.15) is 28.0 Å². The van der Waals surface area contributed by atoms with E-state index in [1.54, 1.807) is 0 Å². The van der Waals surface area contributed by atoms with E-state index in [2.05, 4.69) is 6.07 Å². The number of nitrogens with zero attached hydrogens (tertiary/aromatic N) is 1. The quantitative estimate of drug-likeness (QED) is 0.592. The van der Waals surface area contributed by atoms with Crippen molar-refractivity contribution in [1.29, 1.82) is 5.26 Å². The molecule has 1 aliphatic rings.